The summed E-state index contributed by atoms with van der Waals surface area (Å²) >= 11 is 6.16. The minimum absolute atomic E-state index is 0.159. The molecular formula is C19H25ClN4O. The second kappa shape index (κ2) is 8.02. The van der Waals surface area contributed by atoms with Gasteiger partial charge in [0.25, 0.3) is 0 Å². The van der Waals surface area contributed by atoms with Gasteiger partial charge in [-0.2, -0.15) is 5.10 Å². The Hall–Kier alpha value is -1.85. The van der Waals surface area contributed by atoms with E-state index in [2.05, 4.69) is 27.7 Å². The number of amides is 1. The maximum atomic E-state index is 12.5. The van der Waals surface area contributed by atoms with Crippen molar-refractivity contribution in [3.8, 4) is 0 Å². The monoisotopic (exact) mass is 360 g/mol. The fourth-order valence-electron chi connectivity index (χ4n) is 3.27. The third-order valence-corrected chi connectivity index (χ3v) is 5.12. The number of piperazine rings is 1. The van der Waals surface area contributed by atoms with Crippen LogP contribution in [0.2, 0.25) is 5.02 Å². The number of nitrogens with zero attached hydrogens (tertiary/aromatic N) is 4. The highest BCUT2D eigenvalue weighted by molar-refractivity contribution is 6.31. The molecule has 0 bridgehead atoms. The van der Waals surface area contributed by atoms with E-state index >= 15 is 0 Å². The lowest BCUT2D eigenvalue weighted by Gasteiger charge is -2.34. The molecule has 1 amide bonds. The average Bonchev–Trinajstić information content (AvgIpc) is 2.93. The van der Waals surface area contributed by atoms with Crippen LogP contribution in [0.15, 0.2) is 30.3 Å². The minimum atomic E-state index is 0.159. The van der Waals surface area contributed by atoms with Crippen LogP contribution in [0.5, 0.6) is 0 Å². The van der Waals surface area contributed by atoms with Gasteiger partial charge in [-0.1, -0.05) is 29.8 Å². The van der Waals surface area contributed by atoms with E-state index in [9.17, 15) is 4.79 Å². The molecule has 1 aliphatic rings. The SMILES string of the molecule is Cc1cc(C)n(CCN2CCN(C(=O)Cc3ccccc3Cl)CC2)n1. The smallest absolute Gasteiger partial charge is 0.227 e. The summed E-state index contributed by atoms with van der Waals surface area (Å²) in [5, 5.41) is 5.17. The van der Waals surface area contributed by atoms with Crippen LogP contribution in [0.25, 0.3) is 0 Å². The van der Waals surface area contributed by atoms with Gasteiger partial charge in [0.2, 0.25) is 5.91 Å². The molecule has 2 heterocycles. The van der Waals surface area contributed by atoms with Crippen molar-refractivity contribution in [1.29, 1.82) is 0 Å². The summed E-state index contributed by atoms with van der Waals surface area (Å²) in [4.78, 5) is 16.8. The first-order valence-corrected chi connectivity index (χ1v) is 9.15. The molecule has 0 aliphatic carbocycles. The summed E-state index contributed by atoms with van der Waals surface area (Å²) in [5.74, 6) is 0.159. The summed E-state index contributed by atoms with van der Waals surface area (Å²) in [6, 6.07) is 9.67. The van der Waals surface area contributed by atoms with Gasteiger partial charge in [0, 0.05) is 43.4 Å². The van der Waals surface area contributed by atoms with E-state index in [1.807, 2.05) is 36.1 Å². The van der Waals surface area contributed by atoms with Crippen LogP contribution in [0.4, 0.5) is 0 Å². The van der Waals surface area contributed by atoms with Crippen LogP contribution in [0.1, 0.15) is 17.0 Å². The molecule has 0 saturated carbocycles. The molecule has 6 heteroatoms. The highest BCUT2D eigenvalue weighted by atomic mass is 35.5. The van der Waals surface area contributed by atoms with Crippen LogP contribution in [0, 0.1) is 13.8 Å². The highest BCUT2D eigenvalue weighted by Gasteiger charge is 2.21. The Kier molecular flexibility index (Phi) is 5.76. The zero-order valence-corrected chi connectivity index (χ0v) is 15.7. The first-order valence-electron chi connectivity index (χ1n) is 8.77. The van der Waals surface area contributed by atoms with Gasteiger partial charge in [-0.15, -0.1) is 0 Å². The molecule has 5 nitrogen and oxygen atoms in total. The summed E-state index contributed by atoms with van der Waals surface area (Å²) in [7, 11) is 0. The van der Waals surface area contributed by atoms with Crippen LogP contribution in [-0.4, -0.2) is 58.2 Å². The largest absolute Gasteiger partial charge is 0.340 e. The first kappa shape index (κ1) is 18.0. The van der Waals surface area contributed by atoms with E-state index in [4.69, 9.17) is 11.6 Å². The molecule has 0 radical (unpaired) electrons. The lowest BCUT2D eigenvalue weighted by molar-refractivity contribution is -0.132. The Bertz CT molecular complexity index is 735. The van der Waals surface area contributed by atoms with Crippen LogP contribution >= 0.6 is 11.6 Å². The normalized spacial score (nSPS) is 15.6. The maximum absolute atomic E-state index is 12.5. The zero-order chi connectivity index (χ0) is 17.8. The van der Waals surface area contributed by atoms with Gasteiger partial charge in [0.05, 0.1) is 18.7 Å². The molecule has 0 N–H and O–H groups in total. The summed E-state index contributed by atoms with van der Waals surface area (Å²) in [6.07, 6.45) is 0.380. The van der Waals surface area contributed by atoms with Gasteiger partial charge in [-0.3, -0.25) is 14.4 Å². The van der Waals surface area contributed by atoms with Crippen molar-refractivity contribution in [2.24, 2.45) is 0 Å². The van der Waals surface area contributed by atoms with Crippen molar-refractivity contribution in [3.63, 3.8) is 0 Å². The van der Waals surface area contributed by atoms with Crippen molar-refractivity contribution in [3.05, 3.63) is 52.3 Å². The number of aryl methyl sites for hydroxylation is 2. The van der Waals surface area contributed by atoms with Gasteiger partial charge in [0.15, 0.2) is 0 Å². The highest BCUT2D eigenvalue weighted by Crippen LogP contribution is 2.16. The second-order valence-corrected chi connectivity index (χ2v) is 7.05. The third-order valence-electron chi connectivity index (χ3n) is 4.76. The van der Waals surface area contributed by atoms with Crippen molar-refractivity contribution in [2.45, 2.75) is 26.8 Å². The number of carbonyl (C=O) groups is 1. The van der Waals surface area contributed by atoms with Gasteiger partial charge in [-0.25, -0.2) is 0 Å². The van der Waals surface area contributed by atoms with E-state index in [0.717, 1.165) is 50.5 Å². The van der Waals surface area contributed by atoms with Crippen molar-refractivity contribution in [1.82, 2.24) is 19.6 Å². The molecule has 1 aromatic heterocycles. The number of aromatic nitrogens is 2. The number of hydrogen-bond acceptors (Lipinski definition) is 3. The van der Waals surface area contributed by atoms with E-state index in [0.29, 0.717) is 11.4 Å². The van der Waals surface area contributed by atoms with Gasteiger partial charge in [-0.05, 0) is 31.5 Å². The fraction of sp³-hybridized carbons (Fsp3) is 0.474. The molecule has 1 saturated heterocycles. The predicted molar refractivity (Wildman–Crippen MR) is 99.9 cm³/mol. The molecule has 0 unspecified atom stereocenters. The summed E-state index contributed by atoms with van der Waals surface area (Å²) in [5.41, 5.74) is 3.17. The first-order chi connectivity index (χ1) is 12.0. The van der Waals surface area contributed by atoms with E-state index in [1.165, 1.54) is 5.69 Å². The molecule has 134 valence electrons. The van der Waals surface area contributed by atoms with Gasteiger partial charge >= 0.3 is 0 Å². The molecule has 1 aliphatic heterocycles. The molecular weight excluding hydrogens is 336 g/mol. The Morgan fingerprint density at radius 1 is 1.12 bits per heavy atom. The average molecular weight is 361 g/mol. The maximum Gasteiger partial charge on any atom is 0.227 e. The standard InChI is InChI=1S/C19H25ClN4O/c1-15-13-16(2)24(21-15)12-9-22-7-10-23(11-8-22)19(25)14-17-5-3-4-6-18(17)20/h3-6,13H,7-12,14H2,1-2H3. The Balaban J connectivity index is 1.46. The van der Waals surface area contributed by atoms with E-state index in [-0.39, 0.29) is 5.91 Å². The topological polar surface area (TPSA) is 41.4 Å². The van der Waals surface area contributed by atoms with Gasteiger partial charge < -0.3 is 4.90 Å². The quantitative estimate of drug-likeness (QED) is 0.822. The molecule has 0 spiro atoms. The molecule has 25 heavy (non-hydrogen) atoms. The molecule has 1 fully saturated rings. The number of rotatable bonds is 5. The molecule has 3 rings (SSSR count). The zero-order valence-electron chi connectivity index (χ0n) is 14.9. The minimum Gasteiger partial charge on any atom is -0.340 e. The Labute approximate surface area is 154 Å². The van der Waals surface area contributed by atoms with Gasteiger partial charge in [0.1, 0.15) is 0 Å². The fourth-order valence-corrected chi connectivity index (χ4v) is 3.48. The lowest BCUT2D eigenvalue weighted by Crippen LogP contribution is -2.49. The molecule has 0 atom stereocenters. The van der Waals surface area contributed by atoms with E-state index in [1.54, 1.807) is 0 Å². The van der Waals surface area contributed by atoms with Crippen molar-refractivity contribution in [2.75, 3.05) is 32.7 Å². The third kappa shape index (κ3) is 4.61. The number of benzene rings is 1. The Morgan fingerprint density at radius 3 is 2.48 bits per heavy atom. The predicted octanol–water partition coefficient (Wildman–Crippen LogP) is 2.54. The van der Waals surface area contributed by atoms with Crippen molar-refractivity contribution >= 4 is 17.5 Å². The molecule has 1 aromatic carbocycles. The van der Waals surface area contributed by atoms with Crippen LogP contribution in [-0.2, 0) is 17.8 Å². The second-order valence-electron chi connectivity index (χ2n) is 6.64. The Morgan fingerprint density at radius 2 is 1.84 bits per heavy atom. The van der Waals surface area contributed by atoms with E-state index < -0.39 is 0 Å². The summed E-state index contributed by atoms with van der Waals surface area (Å²) < 4.78 is 2.06. The lowest BCUT2D eigenvalue weighted by atomic mass is 10.1. The number of hydrogen-bond donors (Lipinski definition) is 0. The van der Waals surface area contributed by atoms with Crippen LogP contribution in [0.3, 0.4) is 0 Å². The molecule has 2 aromatic rings. The summed E-state index contributed by atoms with van der Waals surface area (Å²) in [6.45, 7) is 9.35. The van der Waals surface area contributed by atoms with Crippen molar-refractivity contribution < 1.29 is 4.79 Å². The van der Waals surface area contributed by atoms with Crippen LogP contribution < -0.4 is 0 Å². The number of halogens is 1. The number of carbonyl (C=O) groups excluding carboxylic acids is 1.